The third kappa shape index (κ3) is 4.19. The van der Waals surface area contributed by atoms with Gasteiger partial charge in [0.2, 0.25) is 0 Å². The van der Waals surface area contributed by atoms with Crippen LogP contribution in [0.2, 0.25) is 5.04 Å². The molecule has 0 heterocycles. The first-order valence-corrected chi connectivity index (χ1v) is 11.7. The SMILES string of the molecule is CC(C)(COCC1(CBr)CC1)[SiH](c1ccccc1)c1ccccc1. The number of ether oxygens (including phenoxy) is 1. The van der Waals surface area contributed by atoms with Gasteiger partial charge in [-0.1, -0.05) is 101 Å². The Morgan fingerprint density at radius 2 is 1.46 bits per heavy atom. The van der Waals surface area contributed by atoms with E-state index in [-0.39, 0.29) is 5.04 Å². The van der Waals surface area contributed by atoms with E-state index in [4.69, 9.17) is 4.74 Å². The molecule has 0 spiro atoms. The number of halogens is 1. The van der Waals surface area contributed by atoms with Gasteiger partial charge in [0.05, 0.1) is 6.61 Å². The lowest BCUT2D eigenvalue weighted by atomic mass is 10.1. The van der Waals surface area contributed by atoms with E-state index in [0.717, 1.165) is 18.5 Å². The van der Waals surface area contributed by atoms with Gasteiger partial charge in [-0.05, 0) is 17.9 Å². The third-order valence-electron chi connectivity index (χ3n) is 5.17. The summed E-state index contributed by atoms with van der Waals surface area (Å²) in [7, 11) is -1.37. The summed E-state index contributed by atoms with van der Waals surface area (Å²) < 4.78 is 6.25. The Hall–Kier alpha value is -0.903. The van der Waals surface area contributed by atoms with Crippen LogP contribution in [0.25, 0.3) is 0 Å². The molecule has 0 N–H and O–H groups in total. The zero-order valence-corrected chi connectivity index (χ0v) is 17.4. The maximum Gasteiger partial charge on any atom is 0.110 e. The molecule has 0 amide bonds. The van der Waals surface area contributed by atoms with Gasteiger partial charge in [-0.3, -0.25) is 0 Å². The monoisotopic (exact) mass is 402 g/mol. The van der Waals surface area contributed by atoms with E-state index < -0.39 is 8.80 Å². The molecule has 24 heavy (non-hydrogen) atoms. The van der Waals surface area contributed by atoms with E-state index in [9.17, 15) is 0 Å². The number of alkyl halides is 1. The van der Waals surface area contributed by atoms with Crippen LogP contribution in [0, 0.1) is 5.41 Å². The smallest absolute Gasteiger partial charge is 0.110 e. The van der Waals surface area contributed by atoms with Crippen molar-refractivity contribution in [2.75, 3.05) is 18.5 Å². The lowest BCUT2D eigenvalue weighted by Crippen LogP contribution is -2.51. The summed E-state index contributed by atoms with van der Waals surface area (Å²) in [6, 6.07) is 22.1. The zero-order chi connectivity index (χ0) is 17.0. The average molecular weight is 403 g/mol. The van der Waals surface area contributed by atoms with Gasteiger partial charge in [0, 0.05) is 17.4 Å². The van der Waals surface area contributed by atoms with Crippen LogP contribution in [0.3, 0.4) is 0 Å². The highest BCUT2D eigenvalue weighted by Gasteiger charge is 2.42. The zero-order valence-electron chi connectivity index (χ0n) is 14.7. The van der Waals surface area contributed by atoms with Crippen LogP contribution < -0.4 is 10.4 Å². The second-order valence-corrected chi connectivity index (χ2v) is 12.2. The second-order valence-electron chi connectivity index (χ2n) is 7.87. The van der Waals surface area contributed by atoms with Gasteiger partial charge < -0.3 is 4.74 Å². The highest BCUT2D eigenvalue weighted by atomic mass is 79.9. The predicted molar refractivity (Wildman–Crippen MR) is 110 cm³/mol. The van der Waals surface area contributed by atoms with Crippen LogP contribution in [0.4, 0.5) is 0 Å². The van der Waals surface area contributed by atoms with E-state index in [0.29, 0.717) is 5.41 Å². The summed E-state index contributed by atoms with van der Waals surface area (Å²) in [5, 5.41) is 4.24. The standard InChI is InChI=1S/C21H27BrOSi/c1-20(2,16-23-17-21(15-22)13-14-21)24(18-9-5-3-6-10-18)19-11-7-4-8-12-19/h3-12,24H,13-17H2,1-2H3. The first kappa shape index (κ1) is 17.9. The molecule has 2 aromatic rings. The maximum atomic E-state index is 6.25. The molecule has 1 nitrogen and oxygen atoms in total. The largest absolute Gasteiger partial charge is 0.381 e. The minimum Gasteiger partial charge on any atom is -0.381 e. The molecule has 128 valence electrons. The topological polar surface area (TPSA) is 9.23 Å². The van der Waals surface area contributed by atoms with Gasteiger partial charge in [0.15, 0.2) is 0 Å². The van der Waals surface area contributed by atoms with Crippen molar-refractivity contribution in [2.24, 2.45) is 5.41 Å². The molecule has 0 unspecified atom stereocenters. The van der Waals surface area contributed by atoms with Crippen molar-refractivity contribution in [2.45, 2.75) is 31.7 Å². The van der Waals surface area contributed by atoms with Gasteiger partial charge in [0.25, 0.3) is 0 Å². The predicted octanol–water partition coefficient (Wildman–Crippen LogP) is 4.00. The van der Waals surface area contributed by atoms with Gasteiger partial charge in [-0.25, -0.2) is 0 Å². The molecule has 1 aliphatic rings. The Morgan fingerprint density at radius 1 is 0.958 bits per heavy atom. The van der Waals surface area contributed by atoms with Gasteiger partial charge in [-0.15, -0.1) is 0 Å². The number of hydrogen-bond acceptors (Lipinski definition) is 1. The fourth-order valence-electron chi connectivity index (χ4n) is 3.49. The Bertz CT molecular complexity index is 598. The van der Waals surface area contributed by atoms with E-state index >= 15 is 0 Å². The minimum atomic E-state index is -1.37. The van der Waals surface area contributed by atoms with Crippen LogP contribution in [0.5, 0.6) is 0 Å². The summed E-state index contributed by atoms with van der Waals surface area (Å²) in [6.07, 6.45) is 2.60. The first-order chi connectivity index (χ1) is 11.6. The fourth-order valence-corrected chi connectivity index (χ4v) is 7.90. The van der Waals surface area contributed by atoms with Crippen molar-refractivity contribution >= 4 is 35.1 Å². The normalized spacial score (nSPS) is 16.3. The molecule has 0 saturated heterocycles. The highest BCUT2D eigenvalue weighted by molar-refractivity contribution is 9.09. The van der Waals surface area contributed by atoms with E-state index in [1.165, 1.54) is 23.2 Å². The van der Waals surface area contributed by atoms with Gasteiger partial charge in [-0.2, -0.15) is 0 Å². The molecule has 1 saturated carbocycles. The van der Waals surface area contributed by atoms with Crippen LogP contribution in [0.1, 0.15) is 26.7 Å². The molecule has 0 atom stereocenters. The highest BCUT2D eigenvalue weighted by Crippen LogP contribution is 2.47. The number of benzene rings is 2. The maximum absolute atomic E-state index is 6.25. The van der Waals surface area contributed by atoms with E-state index in [2.05, 4.69) is 90.4 Å². The van der Waals surface area contributed by atoms with Crippen LogP contribution in [0.15, 0.2) is 60.7 Å². The molecule has 1 fully saturated rings. The van der Waals surface area contributed by atoms with Crippen molar-refractivity contribution in [3.63, 3.8) is 0 Å². The Morgan fingerprint density at radius 3 is 1.88 bits per heavy atom. The first-order valence-electron chi connectivity index (χ1n) is 8.80. The Balaban J connectivity index is 1.79. The lowest BCUT2D eigenvalue weighted by molar-refractivity contribution is 0.0821. The molecule has 0 aliphatic heterocycles. The van der Waals surface area contributed by atoms with E-state index in [1.54, 1.807) is 0 Å². The molecule has 3 heteroatoms. The van der Waals surface area contributed by atoms with Crippen molar-refractivity contribution in [3.05, 3.63) is 60.7 Å². The molecule has 0 radical (unpaired) electrons. The molecule has 0 aromatic heterocycles. The van der Waals surface area contributed by atoms with Crippen LogP contribution in [-0.4, -0.2) is 27.3 Å². The van der Waals surface area contributed by atoms with Gasteiger partial charge in [0.1, 0.15) is 8.80 Å². The quantitative estimate of drug-likeness (QED) is 0.478. The number of hydrogen-bond donors (Lipinski definition) is 0. The summed E-state index contributed by atoms with van der Waals surface area (Å²) in [4.78, 5) is 0. The van der Waals surface area contributed by atoms with Crippen molar-refractivity contribution < 1.29 is 4.74 Å². The van der Waals surface area contributed by atoms with Crippen molar-refractivity contribution in [1.29, 1.82) is 0 Å². The van der Waals surface area contributed by atoms with Crippen LogP contribution in [-0.2, 0) is 4.74 Å². The molecular weight excluding hydrogens is 376 g/mol. The van der Waals surface area contributed by atoms with Crippen molar-refractivity contribution in [3.8, 4) is 0 Å². The Kier molecular flexibility index (Phi) is 5.63. The molecule has 2 aromatic carbocycles. The molecule has 1 aliphatic carbocycles. The minimum absolute atomic E-state index is 0.172. The van der Waals surface area contributed by atoms with Crippen LogP contribution >= 0.6 is 15.9 Å². The third-order valence-corrected chi connectivity index (χ3v) is 10.2. The summed E-state index contributed by atoms with van der Waals surface area (Å²) >= 11 is 3.65. The van der Waals surface area contributed by atoms with E-state index in [1.807, 2.05) is 0 Å². The van der Waals surface area contributed by atoms with Crippen molar-refractivity contribution in [1.82, 2.24) is 0 Å². The summed E-state index contributed by atoms with van der Waals surface area (Å²) in [5.41, 5.74) is 0.423. The average Bonchev–Trinajstić information content (AvgIpc) is 3.37. The second kappa shape index (κ2) is 7.55. The molecule has 0 bridgehead atoms. The Labute approximate surface area is 156 Å². The fraction of sp³-hybridized carbons (Fsp3) is 0.429. The summed E-state index contributed by atoms with van der Waals surface area (Å²) in [6.45, 7) is 6.50. The lowest BCUT2D eigenvalue weighted by Gasteiger charge is -2.34. The molecule has 3 rings (SSSR count). The number of rotatable bonds is 8. The molecular formula is C21H27BrOSi. The van der Waals surface area contributed by atoms with Gasteiger partial charge >= 0.3 is 0 Å². The summed E-state index contributed by atoms with van der Waals surface area (Å²) in [5.74, 6) is 0.